The smallest absolute Gasteiger partial charge is 0.198 e. The van der Waals surface area contributed by atoms with Gasteiger partial charge in [0.1, 0.15) is 0 Å². The summed E-state index contributed by atoms with van der Waals surface area (Å²) in [5, 5.41) is 1.10. The first-order valence-electron chi connectivity index (χ1n) is 8.06. The number of nitrogens with two attached hydrogens (primary N) is 1. The third-order valence-electron chi connectivity index (χ3n) is 4.45. The molecular weight excluding hydrogens is 284 g/mol. The van der Waals surface area contributed by atoms with Gasteiger partial charge < -0.3 is 15.4 Å². The van der Waals surface area contributed by atoms with Gasteiger partial charge in [-0.15, -0.1) is 0 Å². The Bertz CT molecular complexity index is 462. The third kappa shape index (κ3) is 3.26. The lowest BCUT2D eigenvalue weighted by molar-refractivity contribution is 0.187. The second-order valence-electron chi connectivity index (χ2n) is 6.33. The highest BCUT2D eigenvalue weighted by molar-refractivity contribution is 7.11. The van der Waals surface area contributed by atoms with Crippen molar-refractivity contribution < 1.29 is 4.74 Å². The van der Waals surface area contributed by atoms with E-state index in [0.29, 0.717) is 5.82 Å². The van der Waals surface area contributed by atoms with Gasteiger partial charge in [-0.25, -0.2) is 0 Å². The van der Waals surface area contributed by atoms with Gasteiger partial charge in [0.15, 0.2) is 16.6 Å². The Labute approximate surface area is 131 Å². The molecule has 1 saturated heterocycles. The maximum atomic E-state index is 5.96. The van der Waals surface area contributed by atoms with Crippen LogP contribution in [0.4, 0.5) is 10.8 Å². The van der Waals surface area contributed by atoms with Crippen molar-refractivity contribution in [3.8, 4) is 5.75 Å². The van der Waals surface area contributed by atoms with Crippen LogP contribution < -0.4 is 15.4 Å². The zero-order chi connectivity index (χ0) is 14.8. The van der Waals surface area contributed by atoms with Gasteiger partial charge in [0, 0.05) is 32.2 Å². The average molecular weight is 310 g/mol. The molecule has 2 fully saturated rings. The number of piperazine rings is 1. The number of nitrogens with zero attached hydrogens (tertiary/aromatic N) is 3. The first-order valence-corrected chi connectivity index (χ1v) is 8.83. The highest BCUT2D eigenvalue weighted by Gasteiger charge is 2.28. The van der Waals surface area contributed by atoms with E-state index in [9.17, 15) is 0 Å². The topological polar surface area (TPSA) is 54.6 Å². The van der Waals surface area contributed by atoms with Crippen molar-refractivity contribution in [3.05, 3.63) is 0 Å². The molecule has 1 aromatic heterocycles. The fourth-order valence-corrected chi connectivity index (χ4v) is 4.19. The lowest BCUT2D eigenvalue weighted by Gasteiger charge is -2.38. The molecule has 0 aromatic carbocycles. The van der Waals surface area contributed by atoms with Gasteiger partial charge in [-0.3, -0.25) is 4.90 Å². The van der Waals surface area contributed by atoms with Crippen LogP contribution in [0, 0.1) is 0 Å². The van der Waals surface area contributed by atoms with E-state index in [2.05, 4.69) is 14.2 Å². The van der Waals surface area contributed by atoms with E-state index in [-0.39, 0.29) is 6.10 Å². The molecule has 2 aliphatic rings. The summed E-state index contributed by atoms with van der Waals surface area (Å²) in [6.07, 6.45) is 5.71. The minimum Gasteiger partial charge on any atom is -0.484 e. The minimum absolute atomic E-state index is 0.127. The molecule has 0 radical (unpaired) electrons. The molecule has 0 spiro atoms. The van der Waals surface area contributed by atoms with Gasteiger partial charge in [-0.05, 0) is 38.2 Å². The molecule has 1 aromatic rings. The molecular formula is C15H26N4OS. The van der Waals surface area contributed by atoms with Crippen LogP contribution >= 0.6 is 11.5 Å². The molecule has 6 heteroatoms. The van der Waals surface area contributed by atoms with Gasteiger partial charge in [-0.1, -0.05) is 12.8 Å². The van der Waals surface area contributed by atoms with Crippen molar-refractivity contribution in [2.75, 3.05) is 36.8 Å². The first-order chi connectivity index (χ1) is 10.1. The Hall–Kier alpha value is -1.01. The maximum absolute atomic E-state index is 5.96. The molecule has 5 nitrogen and oxygen atoms in total. The lowest BCUT2D eigenvalue weighted by Crippen LogP contribution is -2.49. The number of aromatic nitrogens is 1. The van der Waals surface area contributed by atoms with E-state index in [1.54, 1.807) is 0 Å². The van der Waals surface area contributed by atoms with Crippen LogP contribution in [0.5, 0.6) is 5.75 Å². The van der Waals surface area contributed by atoms with Crippen LogP contribution in [-0.4, -0.2) is 47.6 Å². The zero-order valence-electron chi connectivity index (χ0n) is 13.0. The number of hydrogen-bond donors (Lipinski definition) is 1. The molecule has 21 heavy (non-hydrogen) atoms. The molecule has 1 aliphatic carbocycles. The van der Waals surface area contributed by atoms with Crippen LogP contribution in [0.3, 0.4) is 0 Å². The summed E-state index contributed by atoms with van der Waals surface area (Å²) >= 11 is 1.47. The van der Waals surface area contributed by atoms with Crippen molar-refractivity contribution in [1.29, 1.82) is 0 Å². The summed E-state index contributed by atoms with van der Waals surface area (Å²) in [7, 11) is 0. The molecule has 0 amide bonds. The molecule has 3 rings (SSSR count). The summed E-state index contributed by atoms with van der Waals surface area (Å²) < 4.78 is 10.1. The zero-order valence-corrected chi connectivity index (χ0v) is 13.9. The van der Waals surface area contributed by atoms with Crippen LogP contribution in [0.15, 0.2) is 0 Å². The van der Waals surface area contributed by atoms with E-state index < -0.39 is 0 Å². The van der Waals surface area contributed by atoms with Crippen molar-refractivity contribution in [2.24, 2.45) is 0 Å². The number of nitrogen functional groups attached to an aromatic ring is 1. The SMILES string of the molecule is CC(C)Oc1c(N)nsc1N1CCN(C2CCCC2)CC1. The third-order valence-corrected chi connectivity index (χ3v) is 5.36. The fourth-order valence-electron chi connectivity index (χ4n) is 3.39. The first kappa shape index (κ1) is 14.9. The van der Waals surface area contributed by atoms with E-state index >= 15 is 0 Å². The Morgan fingerprint density at radius 1 is 1.19 bits per heavy atom. The quantitative estimate of drug-likeness (QED) is 0.926. The highest BCUT2D eigenvalue weighted by Crippen LogP contribution is 2.39. The van der Waals surface area contributed by atoms with Crippen molar-refractivity contribution in [3.63, 3.8) is 0 Å². The largest absolute Gasteiger partial charge is 0.484 e. The predicted molar refractivity (Wildman–Crippen MR) is 88.3 cm³/mol. The Morgan fingerprint density at radius 3 is 2.48 bits per heavy atom. The van der Waals surface area contributed by atoms with Gasteiger partial charge >= 0.3 is 0 Å². The number of anilines is 2. The molecule has 118 valence electrons. The fraction of sp³-hybridized carbons (Fsp3) is 0.800. The second-order valence-corrected chi connectivity index (χ2v) is 7.08. The molecule has 1 aliphatic heterocycles. The Morgan fingerprint density at radius 2 is 1.86 bits per heavy atom. The van der Waals surface area contributed by atoms with Gasteiger partial charge in [-0.2, -0.15) is 4.37 Å². The second kappa shape index (κ2) is 6.40. The van der Waals surface area contributed by atoms with Gasteiger partial charge in [0.25, 0.3) is 0 Å². The van der Waals surface area contributed by atoms with Crippen molar-refractivity contribution in [1.82, 2.24) is 9.27 Å². The van der Waals surface area contributed by atoms with E-state index in [4.69, 9.17) is 10.5 Å². The minimum atomic E-state index is 0.127. The molecule has 2 heterocycles. The van der Waals surface area contributed by atoms with E-state index in [1.807, 2.05) is 13.8 Å². The monoisotopic (exact) mass is 310 g/mol. The van der Waals surface area contributed by atoms with Crippen LogP contribution in [0.2, 0.25) is 0 Å². The summed E-state index contributed by atoms with van der Waals surface area (Å²) in [4.78, 5) is 5.05. The highest BCUT2D eigenvalue weighted by atomic mass is 32.1. The summed E-state index contributed by atoms with van der Waals surface area (Å²) in [5.41, 5.74) is 5.96. The van der Waals surface area contributed by atoms with Crippen molar-refractivity contribution in [2.45, 2.75) is 51.7 Å². The van der Waals surface area contributed by atoms with Gasteiger partial charge in [0.05, 0.1) is 6.10 Å². The molecule has 0 unspecified atom stereocenters. The van der Waals surface area contributed by atoms with E-state index in [1.165, 1.54) is 37.2 Å². The average Bonchev–Trinajstić information content (AvgIpc) is 3.10. The van der Waals surface area contributed by atoms with E-state index in [0.717, 1.165) is 43.0 Å². The normalized spacial score (nSPS) is 21.4. The Balaban J connectivity index is 1.64. The Kier molecular flexibility index (Phi) is 4.54. The number of hydrogen-bond acceptors (Lipinski definition) is 6. The number of rotatable bonds is 4. The molecule has 0 atom stereocenters. The van der Waals surface area contributed by atoms with Crippen LogP contribution in [0.1, 0.15) is 39.5 Å². The summed E-state index contributed by atoms with van der Waals surface area (Å²) in [5.74, 6) is 1.31. The molecule has 2 N–H and O–H groups in total. The predicted octanol–water partition coefficient (Wildman–Crippen LogP) is 2.58. The van der Waals surface area contributed by atoms with Crippen LogP contribution in [0.25, 0.3) is 0 Å². The van der Waals surface area contributed by atoms with Gasteiger partial charge in [0.2, 0.25) is 0 Å². The standard InChI is InChI=1S/C15H26N4OS/c1-11(2)20-13-14(16)17-21-15(13)19-9-7-18(8-10-19)12-5-3-4-6-12/h11-12H,3-10H2,1-2H3,(H2,16,17). The summed E-state index contributed by atoms with van der Waals surface area (Å²) in [6.45, 7) is 8.43. The molecule has 1 saturated carbocycles. The lowest BCUT2D eigenvalue weighted by atomic mass is 10.2. The van der Waals surface area contributed by atoms with Crippen LogP contribution in [-0.2, 0) is 0 Å². The van der Waals surface area contributed by atoms with Crippen molar-refractivity contribution >= 4 is 22.4 Å². The molecule has 0 bridgehead atoms. The summed E-state index contributed by atoms with van der Waals surface area (Å²) in [6, 6.07) is 0.824. The maximum Gasteiger partial charge on any atom is 0.198 e. The number of ether oxygens (including phenoxy) is 1.